The third-order valence-corrected chi connectivity index (χ3v) is 5.98. The molecular weight excluding hydrogens is 382 g/mol. The molecule has 1 saturated heterocycles. The van der Waals surface area contributed by atoms with Crippen molar-refractivity contribution >= 4 is 11.8 Å². The summed E-state index contributed by atoms with van der Waals surface area (Å²) in [5.74, 6) is 0.162. The molecule has 2 N–H and O–H groups in total. The Labute approximate surface area is 176 Å². The van der Waals surface area contributed by atoms with Gasteiger partial charge in [0.1, 0.15) is 11.8 Å². The molecule has 2 aromatic heterocycles. The molecule has 1 fully saturated rings. The second-order valence-electron chi connectivity index (χ2n) is 8.39. The first kappa shape index (κ1) is 20.5. The molecule has 0 unspecified atom stereocenters. The number of pyridine rings is 1. The fourth-order valence-electron chi connectivity index (χ4n) is 4.11. The number of fused-ring (bicyclic) bond motifs is 1. The van der Waals surface area contributed by atoms with Gasteiger partial charge in [0.25, 0.3) is 5.91 Å². The van der Waals surface area contributed by atoms with Crippen LogP contribution in [0.15, 0.2) is 12.3 Å². The van der Waals surface area contributed by atoms with Crippen LogP contribution in [0.3, 0.4) is 0 Å². The molecule has 0 bridgehead atoms. The average molecular weight is 412 g/mol. The molecular formula is C22H29N5O3. The van der Waals surface area contributed by atoms with Crippen LogP contribution in [0.4, 0.5) is 0 Å². The van der Waals surface area contributed by atoms with E-state index in [2.05, 4.69) is 34.3 Å². The zero-order valence-electron chi connectivity index (χ0n) is 17.8. The average Bonchev–Trinajstić information content (AvgIpc) is 3.44. The standard InChI is InChI=1S/C22H29N5O3/c1-13(2)18-9-19(26-25-18)22(29)27-7-6-16-15(12-27)10-23-14(3)17(16)11-24-21(28)20-5-4-8-30-20/h9-10,13,20H,4-8,11-12H2,1-3H3,(H,24,28)(H,25,26)/t20-/m1/s1. The quantitative estimate of drug-likeness (QED) is 0.786. The SMILES string of the molecule is Cc1ncc2c(c1CNC(=O)[C@H]1CCCO1)CCN(C(=O)c1cc(C(C)C)[nH]n1)C2. The van der Waals surface area contributed by atoms with Gasteiger partial charge < -0.3 is 15.0 Å². The van der Waals surface area contributed by atoms with Gasteiger partial charge in [-0.2, -0.15) is 5.10 Å². The highest BCUT2D eigenvalue weighted by atomic mass is 16.5. The Balaban J connectivity index is 1.46. The highest BCUT2D eigenvalue weighted by Gasteiger charge is 2.27. The molecule has 0 spiro atoms. The van der Waals surface area contributed by atoms with E-state index in [4.69, 9.17) is 4.74 Å². The van der Waals surface area contributed by atoms with Crippen LogP contribution in [0.2, 0.25) is 0 Å². The summed E-state index contributed by atoms with van der Waals surface area (Å²) in [5, 5.41) is 10.2. The van der Waals surface area contributed by atoms with Crippen LogP contribution in [0.1, 0.15) is 71.2 Å². The van der Waals surface area contributed by atoms with E-state index < -0.39 is 0 Å². The Kier molecular flexibility index (Phi) is 5.85. The van der Waals surface area contributed by atoms with Crippen LogP contribution in [0.25, 0.3) is 0 Å². The zero-order valence-corrected chi connectivity index (χ0v) is 17.8. The predicted octanol–water partition coefficient (Wildman–Crippen LogP) is 2.23. The van der Waals surface area contributed by atoms with Crippen LogP contribution < -0.4 is 5.32 Å². The van der Waals surface area contributed by atoms with Crippen LogP contribution in [0, 0.1) is 6.92 Å². The Morgan fingerprint density at radius 1 is 1.40 bits per heavy atom. The highest BCUT2D eigenvalue weighted by Crippen LogP contribution is 2.25. The molecule has 2 amide bonds. The molecule has 4 heterocycles. The molecule has 30 heavy (non-hydrogen) atoms. The molecule has 2 aliphatic heterocycles. The number of carbonyl (C=O) groups is 2. The molecule has 2 aliphatic rings. The van der Waals surface area contributed by atoms with Crippen LogP contribution in [-0.2, 0) is 29.0 Å². The molecule has 8 heteroatoms. The molecule has 1 atom stereocenters. The topological polar surface area (TPSA) is 100 Å². The van der Waals surface area contributed by atoms with Crippen molar-refractivity contribution in [3.05, 3.63) is 46.0 Å². The number of rotatable bonds is 5. The van der Waals surface area contributed by atoms with Gasteiger partial charge in [-0.25, -0.2) is 0 Å². The number of nitrogens with one attached hydrogen (secondary N) is 2. The van der Waals surface area contributed by atoms with Crippen LogP contribution in [-0.4, -0.2) is 51.2 Å². The lowest BCUT2D eigenvalue weighted by molar-refractivity contribution is -0.130. The number of H-pyrrole nitrogens is 1. The number of amides is 2. The van der Waals surface area contributed by atoms with E-state index in [1.54, 1.807) is 0 Å². The minimum absolute atomic E-state index is 0.0587. The Hall–Kier alpha value is -2.74. The summed E-state index contributed by atoms with van der Waals surface area (Å²) in [6, 6.07) is 1.84. The lowest BCUT2D eigenvalue weighted by atomic mass is 9.94. The number of hydrogen-bond donors (Lipinski definition) is 2. The van der Waals surface area contributed by atoms with Crippen LogP contribution in [0.5, 0.6) is 0 Å². The first-order valence-electron chi connectivity index (χ1n) is 10.6. The zero-order chi connectivity index (χ0) is 21.3. The number of aromatic amines is 1. The van der Waals surface area contributed by atoms with E-state index in [-0.39, 0.29) is 17.9 Å². The summed E-state index contributed by atoms with van der Waals surface area (Å²) in [6.45, 7) is 8.29. The minimum atomic E-state index is -0.338. The molecule has 0 aliphatic carbocycles. The molecule has 0 aromatic carbocycles. The van der Waals surface area contributed by atoms with Crippen molar-refractivity contribution < 1.29 is 14.3 Å². The summed E-state index contributed by atoms with van der Waals surface area (Å²) >= 11 is 0. The lowest BCUT2D eigenvalue weighted by Crippen LogP contribution is -2.38. The second-order valence-corrected chi connectivity index (χ2v) is 8.39. The third-order valence-electron chi connectivity index (χ3n) is 5.98. The van der Waals surface area contributed by atoms with Crippen molar-refractivity contribution in [2.45, 2.75) is 65.1 Å². The third kappa shape index (κ3) is 4.09. The summed E-state index contributed by atoms with van der Waals surface area (Å²) < 4.78 is 5.46. The molecule has 0 radical (unpaired) electrons. The number of nitrogens with zero attached hydrogens (tertiary/aromatic N) is 3. The van der Waals surface area contributed by atoms with Gasteiger partial charge >= 0.3 is 0 Å². The van der Waals surface area contributed by atoms with Crippen molar-refractivity contribution in [1.29, 1.82) is 0 Å². The van der Waals surface area contributed by atoms with Gasteiger partial charge in [0.05, 0.1) is 0 Å². The van der Waals surface area contributed by atoms with Gasteiger partial charge in [0.15, 0.2) is 0 Å². The van der Waals surface area contributed by atoms with Crippen LogP contribution >= 0.6 is 0 Å². The molecule has 8 nitrogen and oxygen atoms in total. The van der Waals surface area contributed by atoms with E-state index in [0.717, 1.165) is 41.8 Å². The maximum atomic E-state index is 12.9. The fraction of sp³-hybridized carbons (Fsp3) is 0.545. The molecule has 160 valence electrons. The highest BCUT2D eigenvalue weighted by molar-refractivity contribution is 5.92. The second kappa shape index (κ2) is 8.55. The number of hydrogen-bond acceptors (Lipinski definition) is 5. The maximum Gasteiger partial charge on any atom is 0.274 e. The first-order chi connectivity index (χ1) is 14.4. The smallest absolute Gasteiger partial charge is 0.274 e. The van der Waals surface area contributed by atoms with Gasteiger partial charge in [-0.05, 0) is 54.9 Å². The van der Waals surface area contributed by atoms with Crippen molar-refractivity contribution in [2.75, 3.05) is 13.2 Å². The van der Waals surface area contributed by atoms with Gasteiger partial charge in [0.2, 0.25) is 5.91 Å². The number of carbonyl (C=O) groups excluding carboxylic acids is 2. The van der Waals surface area contributed by atoms with E-state index in [9.17, 15) is 9.59 Å². The van der Waals surface area contributed by atoms with E-state index in [1.807, 2.05) is 24.1 Å². The first-order valence-corrected chi connectivity index (χ1v) is 10.6. The van der Waals surface area contributed by atoms with Crippen molar-refractivity contribution in [3.63, 3.8) is 0 Å². The Morgan fingerprint density at radius 2 is 2.23 bits per heavy atom. The van der Waals surface area contributed by atoms with Gasteiger partial charge in [-0.3, -0.25) is 19.7 Å². The summed E-state index contributed by atoms with van der Waals surface area (Å²) in [7, 11) is 0. The summed E-state index contributed by atoms with van der Waals surface area (Å²) in [6.07, 6.45) is 3.95. The number of aromatic nitrogens is 3. The number of ether oxygens (including phenoxy) is 1. The van der Waals surface area contributed by atoms with E-state index >= 15 is 0 Å². The molecule has 0 saturated carbocycles. The van der Waals surface area contributed by atoms with E-state index in [0.29, 0.717) is 37.9 Å². The van der Waals surface area contributed by atoms with Gasteiger partial charge in [-0.1, -0.05) is 13.8 Å². The largest absolute Gasteiger partial charge is 0.368 e. The molecule has 4 rings (SSSR count). The number of aryl methyl sites for hydroxylation is 1. The van der Waals surface area contributed by atoms with E-state index in [1.165, 1.54) is 5.56 Å². The lowest BCUT2D eigenvalue weighted by Gasteiger charge is -2.30. The van der Waals surface area contributed by atoms with Crippen molar-refractivity contribution in [1.82, 2.24) is 25.4 Å². The molecule has 2 aromatic rings. The normalized spacial score (nSPS) is 18.5. The fourth-order valence-corrected chi connectivity index (χ4v) is 4.11. The predicted molar refractivity (Wildman–Crippen MR) is 111 cm³/mol. The Bertz CT molecular complexity index is 946. The maximum absolute atomic E-state index is 12.9. The van der Waals surface area contributed by atoms with Gasteiger partial charge in [0, 0.05) is 43.8 Å². The summed E-state index contributed by atoms with van der Waals surface area (Å²) in [4.78, 5) is 31.6. The monoisotopic (exact) mass is 411 g/mol. The Morgan fingerprint density at radius 3 is 2.93 bits per heavy atom. The summed E-state index contributed by atoms with van der Waals surface area (Å²) in [5.41, 5.74) is 5.58. The van der Waals surface area contributed by atoms with Crippen molar-refractivity contribution in [3.8, 4) is 0 Å². The minimum Gasteiger partial charge on any atom is -0.368 e. The van der Waals surface area contributed by atoms with Crippen molar-refractivity contribution in [2.24, 2.45) is 0 Å². The van der Waals surface area contributed by atoms with Gasteiger partial charge in [-0.15, -0.1) is 0 Å².